The quantitative estimate of drug-likeness (QED) is 0.829. The third kappa shape index (κ3) is 2.37. The monoisotopic (exact) mass is 288 g/mol. The summed E-state index contributed by atoms with van der Waals surface area (Å²) < 4.78 is 5.85. The van der Waals surface area contributed by atoms with Crippen molar-refractivity contribution < 1.29 is 14.3 Å². The lowest BCUT2D eigenvalue weighted by molar-refractivity contribution is -0.149. The first-order valence-electron chi connectivity index (χ1n) is 7.29. The minimum Gasteiger partial charge on any atom is -0.491 e. The molecule has 2 bridgehead atoms. The van der Waals surface area contributed by atoms with Crippen LogP contribution in [0, 0.1) is 5.92 Å². The van der Waals surface area contributed by atoms with Gasteiger partial charge < -0.3 is 15.4 Å². The highest BCUT2D eigenvalue weighted by Gasteiger charge is 2.53. The highest BCUT2D eigenvalue weighted by Crippen LogP contribution is 2.43. The molecule has 0 saturated carbocycles. The van der Waals surface area contributed by atoms with Crippen molar-refractivity contribution in [3.8, 4) is 5.75 Å². The van der Waals surface area contributed by atoms with Crippen molar-refractivity contribution in [2.75, 3.05) is 0 Å². The molecule has 3 heterocycles. The van der Waals surface area contributed by atoms with Gasteiger partial charge in [0.25, 0.3) is 0 Å². The highest BCUT2D eigenvalue weighted by atomic mass is 16.5. The van der Waals surface area contributed by atoms with Gasteiger partial charge >= 0.3 is 0 Å². The average molecular weight is 288 g/mol. The molecule has 21 heavy (non-hydrogen) atoms. The molecular weight excluding hydrogens is 268 g/mol. The van der Waals surface area contributed by atoms with Gasteiger partial charge in [0.15, 0.2) is 0 Å². The van der Waals surface area contributed by atoms with Crippen LogP contribution in [0.3, 0.4) is 0 Å². The van der Waals surface area contributed by atoms with Gasteiger partial charge in [-0.3, -0.25) is 9.59 Å². The number of amides is 2. The fourth-order valence-corrected chi connectivity index (χ4v) is 3.31. The average Bonchev–Trinajstić information content (AvgIpc) is 2.36. The van der Waals surface area contributed by atoms with Gasteiger partial charge in [-0.15, -0.1) is 0 Å². The Morgan fingerprint density at radius 1 is 1.19 bits per heavy atom. The number of benzene rings is 1. The fraction of sp³-hybridized carbons (Fsp3) is 0.500. The van der Waals surface area contributed by atoms with Crippen molar-refractivity contribution in [2.24, 2.45) is 5.92 Å². The van der Waals surface area contributed by atoms with Crippen LogP contribution in [0.4, 0.5) is 0 Å². The summed E-state index contributed by atoms with van der Waals surface area (Å²) in [5.74, 6) is -0.459. The number of hydrogen-bond donors (Lipinski definition) is 2. The number of carbonyl (C=O) groups is 2. The molecule has 0 unspecified atom stereocenters. The maximum atomic E-state index is 12.2. The van der Waals surface area contributed by atoms with Gasteiger partial charge in [-0.05, 0) is 38.8 Å². The summed E-state index contributed by atoms with van der Waals surface area (Å²) in [7, 11) is 0. The Morgan fingerprint density at radius 2 is 1.81 bits per heavy atom. The molecule has 5 nitrogen and oxygen atoms in total. The number of nitrogens with one attached hydrogen (secondary N) is 2. The van der Waals surface area contributed by atoms with Crippen molar-refractivity contribution in [1.82, 2.24) is 10.6 Å². The zero-order valence-corrected chi connectivity index (χ0v) is 12.5. The Kier molecular flexibility index (Phi) is 3.15. The topological polar surface area (TPSA) is 67.4 Å². The minimum atomic E-state index is -0.677. The van der Waals surface area contributed by atoms with Crippen LogP contribution in [0.2, 0.25) is 0 Å². The fourth-order valence-electron chi connectivity index (χ4n) is 3.31. The number of rotatable bonds is 3. The molecule has 3 fully saturated rings. The summed E-state index contributed by atoms with van der Waals surface area (Å²) in [6.07, 6.45) is 0.721. The van der Waals surface area contributed by atoms with Crippen LogP contribution in [0.5, 0.6) is 5.75 Å². The van der Waals surface area contributed by atoms with Gasteiger partial charge in [-0.2, -0.15) is 0 Å². The Hall–Kier alpha value is -2.04. The van der Waals surface area contributed by atoms with Crippen LogP contribution in [0.1, 0.15) is 38.7 Å². The van der Waals surface area contributed by atoms with Crippen LogP contribution < -0.4 is 15.4 Å². The van der Waals surface area contributed by atoms with Crippen LogP contribution in [-0.4, -0.2) is 23.6 Å². The number of piperidine rings is 2. The molecule has 1 aromatic carbocycles. The normalized spacial score (nSPS) is 31.0. The van der Waals surface area contributed by atoms with E-state index in [9.17, 15) is 9.59 Å². The molecule has 1 atom stereocenters. The van der Waals surface area contributed by atoms with Crippen molar-refractivity contribution in [3.05, 3.63) is 29.8 Å². The van der Waals surface area contributed by atoms with Gasteiger partial charge in [-0.1, -0.05) is 18.2 Å². The van der Waals surface area contributed by atoms with Gasteiger partial charge in [-0.25, -0.2) is 0 Å². The van der Waals surface area contributed by atoms with Crippen LogP contribution in [-0.2, 0) is 9.59 Å². The van der Waals surface area contributed by atoms with Gasteiger partial charge in [0, 0.05) is 5.92 Å². The second-order valence-corrected chi connectivity index (χ2v) is 6.30. The largest absolute Gasteiger partial charge is 0.491 e. The number of hydrogen-bond acceptors (Lipinski definition) is 3. The molecule has 2 N–H and O–H groups in total. The summed E-state index contributed by atoms with van der Waals surface area (Å²) in [6, 6.07) is 7.68. The zero-order valence-electron chi connectivity index (χ0n) is 12.5. The van der Waals surface area contributed by atoms with Gasteiger partial charge in [0.05, 0.1) is 6.10 Å². The predicted octanol–water partition coefficient (Wildman–Crippen LogP) is 1.54. The summed E-state index contributed by atoms with van der Waals surface area (Å²) >= 11 is 0. The lowest BCUT2D eigenvalue weighted by Gasteiger charge is -2.48. The second kappa shape index (κ2) is 4.76. The first-order chi connectivity index (χ1) is 9.89. The molecule has 5 heteroatoms. The number of fused-ring (bicyclic) bond motifs is 3. The molecule has 0 aliphatic carbocycles. The molecule has 0 aromatic heterocycles. The number of ether oxygens (including phenoxy) is 1. The van der Waals surface area contributed by atoms with Gasteiger partial charge in [0.2, 0.25) is 11.8 Å². The van der Waals surface area contributed by atoms with Crippen molar-refractivity contribution in [3.63, 3.8) is 0 Å². The zero-order chi connectivity index (χ0) is 15.2. The van der Waals surface area contributed by atoms with E-state index in [0.29, 0.717) is 6.42 Å². The molecule has 3 aliphatic rings. The maximum absolute atomic E-state index is 12.2. The predicted molar refractivity (Wildman–Crippen MR) is 77.7 cm³/mol. The molecule has 1 aromatic rings. The van der Waals surface area contributed by atoms with Gasteiger partial charge in [0.1, 0.15) is 17.3 Å². The molecule has 2 amide bonds. The third-order valence-corrected chi connectivity index (χ3v) is 4.07. The Labute approximate surface area is 124 Å². The summed E-state index contributed by atoms with van der Waals surface area (Å²) in [5.41, 5.74) is 0.269. The molecule has 0 radical (unpaired) electrons. The Balaban J connectivity index is 2.01. The van der Waals surface area contributed by atoms with Crippen molar-refractivity contribution in [2.45, 2.75) is 44.9 Å². The molecule has 4 rings (SSSR count). The molecule has 3 saturated heterocycles. The highest BCUT2D eigenvalue weighted by molar-refractivity contribution is 6.05. The standard InChI is InChI=1S/C16H20N2O3/c1-9(2)21-12-7-5-4-6-10(12)11-8-16(3)17-14(19)13(11)15(20)18-16/h4-7,9,11,13H,8H2,1-3H3,(H,17,19)(H,18,20)/t11-,13?,16?/m1/s1. The van der Waals surface area contributed by atoms with Crippen LogP contribution in [0.15, 0.2) is 24.3 Å². The molecule has 3 aliphatic heterocycles. The van der Waals surface area contributed by atoms with E-state index in [2.05, 4.69) is 10.6 Å². The van der Waals surface area contributed by atoms with E-state index in [4.69, 9.17) is 4.74 Å². The smallest absolute Gasteiger partial charge is 0.235 e. The number of para-hydroxylation sites is 1. The van der Waals surface area contributed by atoms with E-state index >= 15 is 0 Å². The van der Waals surface area contributed by atoms with E-state index < -0.39 is 11.6 Å². The van der Waals surface area contributed by atoms with E-state index in [1.54, 1.807) is 0 Å². The van der Waals surface area contributed by atoms with Crippen molar-refractivity contribution >= 4 is 11.8 Å². The van der Waals surface area contributed by atoms with Crippen LogP contribution >= 0.6 is 0 Å². The lowest BCUT2D eigenvalue weighted by Crippen LogP contribution is -2.72. The summed E-state index contributed by atoms with van der Waals surface area (Å²) in [5, 5.41) is 5.74. The first-order valence-corrected chi connectivity index (χ1v) is 7.29. The summed E-state index contributed by atoms with van der Waals surface area (Å²) in [6.45, 7) is 5.77. The summed E-state index contributed by atoms with van der Waals surface area (Å²) in [4.78, 5) is 24.4. The molecule has 0 spiro atoms. The SMILES string of the molecule is CC(C)Oc1ccccc1[C@H]1CC2(C)NC(=O)C1C(=O)N2. The second-order valence-electron chi connectivity index (χ2n) is 6.30. The van der Waals surface area contributed by atoms with E-state index in [1.165, 1.54) is 0 Å². The number of carbonyl (C=O) groups excluding carboxylic acids is 2. The Bertz CT molecular complexity index is 579. The minimum absolute atomic E-state index is 0.0465. The molecular formula is C16H20N2O3. The van der Waals surface area contributed by atoms with Crippen LogP contribution in [0.25, 0.3) is 0 Å². The maximum Gasteiger partial charge on any atom is 0.235 e. The Morgan fingerprint density at radius 3 is 2.38 bits per heavy atom. The lowest BCUT2D eigenvalue weighted by atomic mass is 9.72. The van der Waals surface area contributed by atoms with E-state index in [-0.39, 0.29) is 23.8 Å². The van der Waals surface area contributed by atoms with E-state index in [0.717, 1.165) is 11.3 Å². The molecule has 112 valence electrons. The van der Waals surface area contributed by atoms with Crippen molar-refractivity contribution in [1.29, 1.82) is 0 Å². The third-order valence-electron chi connectivity index (χ3n) is 4.07. The van der Waals surface area contributed by atoms with E-state index in [1.807, 2.05) is 45.0 Å². The first kappa shape index (κ1) is 13.9.